The number of halogens is 1. The molecule has 0 fully saturated rings. The second-order valence-electron chi connectivity index (χ2n) is 6.74. The fraction of sp³-hybridized carbons (Fsp3) is 0.217. The van der Waals surface area contributed by atoms with Crippen molar-refractivity contribution in [2.24, 2.45) is 0 Å². The van der Waals surface area contributed by atoms with Gasteiger partial charge in [-0.05, 0) is 54.7 Å². The second-order valence-corrected chi connectivity index (χ2v) is 6.74. The van der Waals surface area contributed by atoms with Crippen molar-refractivity contribution in [1.29, 1.82) is 0 Å². The molecule has 0 spiro atoms. The molecule has 3 rings (SSSR count). The number of hydrogen-bond acceptors (Lipinski definition) is 3. The van der Waals surface area contributed by atoms with E-state index in [0.29, 0.717) is 17.0 Å². The lowest BCUT2D eigenvalue weighted by molar-refractivity contribution is -0.136. The third-order valence-electron chi connectivity index (χ3n) is 4.57. The monoisotopic (exact) mass is 379 g/mol. The first kappa shape index (κ1) is 19.5. The highest BCUT2D eigenvalue weighted by molar-refractivity contribution is 5.68. The van der Waals surface area contributed by atoms with E-state index in [-0.39, 0.29) is 19.4 Å². The van der Waals surface area contributed by atoms with Gasteiger partial charge in [0, 0.05) is 18.1 Å². The molecule has 0 saturated heterocycles. The summed E-state index contributed by atoms with van der Waals surface area (Å²) in [6.07, 6.45) is 0.0729. The average molecular weight is 379 g/mol. The minimum absolute atomic E-state index is 0.0954. The standard InChI is InChI=1S/C23H22FNO3/c1-15-5-3-6-16(2)23(15)20-7-4-8-21(25-20)28-14-17-9-10-18(19(24)13-17)11-12-22(26)27/h3-10,13H,11-12,14H2,1-2H3,(H,26,27). The molecule has 0 unspecified atom stereocenters. The Hall–Kier alpha value is -3.21. The van der Waals surface area contributed by atoms with Crippen LogP contribution in [0.5, 0.6) is 5.88 Å². The molecule has 0 radical (unpaired) electrons. The van der Waals surface area contributed by atoms with Crippen molar-refractivity contribution in [3.63, 3.8) is 0 Å². The number of carboxylic acid groups (broad SMARTS) is 1. The Morgan fingerprint density at radius 1 is 1.07 bits per heavy atom. The molecule has 3 aromatic rings. The summed E-state index contributed by atoms with van der Waals surface area (Å²) in [5.41, 5.74) is 5.26. The number of rotatable bonds is 7. The van der Waals surface area contributed by atoms with Crippen LogP contribution in [0.3, 0.4) is 0 Å². The van der Waals surface area contributed by atoms with Crippen molar-refractivity contribution in [2.45, 2.75) is 33.3 Å². The second kappa shape index (κ2) is 8.65. The Balaban J connectivity index is 1.72. The molecule has 0 bridgehead atoms. The summed E-state index contributed by atoms with van der Waals surface area (Å²) in [7, 11) is 0. The van der Waals surface area contributed by atoms with Crippen molar-refractivity contribution in [1.82, 2.24) is 4.98 Å². The van der Waals surface area contributed by atoms with Crippen LogP contribution in [0, 0.1) is 19.7 Å². The van der Waals surface area contributed by atoms with Gasteiger partial charge in [0.05, 0.1) is 5.69 Å². The molecule has 0 saturated carbocycles. The molecule has 2 aromatic carbocycles. The highest BCUT2D eigenvalue weighted by Gasteiger charge is 2.09. The normalized spacial score (nSPS) is 10.7. The molecule has 144 valence electrons. The molecule has 5 heteroatoms. The molecular formula is C23H22FNO3. The van der Waals surface area contributed by atoms with Crippen molar-refractivity contribution in [2.75, 3.05) is 0 Å². The van der Waals surface area contributed by atoms with Crippen LogP contribution in [0.25, 0.3) is 11.3 Å². The molecule has 1 aromatic heterocycles. The Labute approximate surface area is 163 Å². The zero-order valence-corrected chi connectivity index (χ0v) is 15.9. The third-order valence-corrected chi connectivity index (χ3v) is 4.57. The van der Waals surface area contributed by atoms with E-state index < -0.39 is 11.8 Å². The first-order valence-corrected chi connectivity index (χ1v) is 9.09. The Morgan fingerprint density at radius 3 is 2.46 bits per heavy atom. The van der Waals surface area contributed by atoms with E-state index in [1.54, 1.807) is 18.2 Å². The number of carbonyl (C=O) groups is 1. The first-order chi connectivity index (χ1) is 13.4. The van der Waals surface area contributed by atoms with Crippen molar-refractivity contribution in [3.8, 4) is 17.1 Å². The summed E-state index contributed by atoms with van der Waals surface area (Å²) in [5.74, 6) is -0.892. The number of carboxylic acids is 1. The zero-order chi connectivity index (χ0) is 20.1. The number of ether oxygens (including phenoxy) is 1. The zero-order valence-electron chi connectivity index (χ0n) is 15.9. The highest BCUT2D eigenvalue weighted by atomic mass is 19.1. The summed E-state index contributed by atoms with van der Waals surface area (Å²) >= 11 is 0. The van der Waals surface area contributed by atoms with E-state index in [2.05, 4.69) is 4.98 Å². The van der Waals surface area contributed by atoms with Gasteiger partial charge in [0.1, 0.15) is 12.4 Å². The molecule has 0 aliphatic heterocycles. The molecule has 4 nitrogen and oxygen atoms in total. The van der Waals surface area contributed by atoms with Crippen LogP contribution in [0.1, 0.15) is 28.7 Å². The number of aliphatic carboxylic acids is 1. The summed E-state index contributed by atoms with van der Waals surface area (Å²) in [6.45, 7) is 4.28. The van der Waals surface area contributed by atoms with E-state index >= 15 is 0 Å². The lowest BCUT2D eigenvalue weighted by Gasteiger charge is -2.11. The van der Waals surface area contributed by atoms with Crippen LogP contribution in [0.15, 0.2) is 54.6 Å². The van der Waals surface area contributed by atoms with Crippen LogP contribution in [-0.4, -0.2) is 16.1 Å². The molecule has 0 aliphatic carbocycles. The Kier molecular flexibility index (Phi) is 6.04. The van der Waals surface area contributed by atoms with Crippen molar-refractivity contribution >= 4 is 5.97 Å². The van der Waals surface area contributed by atoms with Gasteiger partial charge < -0.3 is 9.84 Å². The van der Waals surface area contributed by atoms with Crippen LogP contribution in [-0.2, 0) is 17.8 Å². The van der Waals surface area contributed by atoms with Crippen LogP contribution < -0.4 is 4.74 Å². The van der Waals surface area contributed by atoms with Gasteiger partial charge in [-0.25, -0.2) is 9.37 Å². The number of nitrogens with zero attached hydrogens (tertiary/aromatic N) is 1. The first-order valence-electron chi connectivity index (χ1n) is 9.09. The number of pyridine rings is 1. The van der Waals surface area contributed by atoms with Gasteiger partial charge in [-0.3, -0.25) is 4.79 Å². The van der Waals surface area contributed by atoms with E-state index in [1.165, 1.54) is 6.07 Å². The molecule has 1 heterocycles. The van der Waals surface area contributed by atoms with Crippen molar-refractivity contribution < 1.29 is 19.0 Å². The third kappa shape index (κ3) is 4.74. The predicted octanol–water partition coefficient (Wildman–Crippen LogP) is 5.10. The molecular weight excluding hydrogens is 357 g/mol. The lowest BCUT2D eigenvalue weighted by atomic mass is 10.00. The van der Waals surface area contributed by atoms with E-state index in [0.717, 1.165) is 22.4 Å². The lowest BCUT2D eigenvalue weighted by Crippen LogP contribution is -2.02. The maximum absolute atomic E-state index is 14.1. The molecule has 0 aliphatic rings. The van der Waals surface area contributed by atoms with Crippen LogP contribution in [0.2, 0.25) is 0 Å². The van der Waals surface area contributed by atoms with Gasteiger partial charge in [-0.2, -0.15) is 0 Å². The number of aryl methyl sites for hydroxylation is 3. The van der Waals surface area contributed by atoms with E-state index in [9.17, 15) is 9.18 Å². The summed E-state index contributed by atoms with van der Waals surface area (Å²) < 4.78 is 19.9. The van der Waals surface area contributed by atoms with Gasteiger partial charge in [-0.1, -0.05) is 36.4 Å². The number of aromatic nitrogens is 1. The molecule has 28 heavy (non-hydrogen) atoms. The Bertz CT molecular complexity index is 981. The molecule has 0 atom stereocenters. The van der Waals surface area contributed by atoms with Gasteiger partial charge in [-0.15, -0.1) is 0 Å². The fourth-order valence-electron chi connectivity index (χ4n) is 3.14. The Morgan fingerprint density at radius 2 is 1.79 bits per heavy atom. The molecule has 0 amide bonds. The smallest absolute Gasteiger partial charge is 0.303 e. The average Bonchev–Trinajstić information content (AvgIpc) is 2.66. The number of hydrogen-bond donors (Lipinski definition) is 1. The van der Waals surface area contributed by atoms with Crippen LogP contribution >= 0.6 is 0 Å². The van der Waals surface area contributed by atoms with Crippen LogP contribution in [0.4, 0.5) is 4.39 Å². The van der Waals surface area contributed by atoms with Gasteiger partial charge in [0.15, 0.2) is 0 Å². The predicted molar refractivity (Wildman–Crippen MR) is 106 cm³/mol. The van der Waals surface area contributed by atoms with Gasteiger partial charge in [0.25, 0.3) is 0 Å². The SMILES string of the molecule is Cc1cccc(C)c1-c1cccc(OCc2ccc(CCC(=O)O)c(F)c2)n1. The number of benzene rings is 2. The molecule has 1 N–H and O–H groups in total. The highest BCUT2D eigenvalue weighted by Crippen LogP contribution is 2.27. The van der Waals surface area contributed by atoms with Gasteiger partial charge in [0.2, 0.25) is 5.88 Å². The van der Waals surface area contributed by atoms with E-state index in [4.69, 9.17) is 9.84 Å². The minimum Gasteiger partial charge on any atom is -0.481 e. The quantitative estimate of drug-likeness (QED) is 0.620. The largest absolute Gasteiger partial charge is 0.481 e. The van der Waals surface area contributed by atoms with Gasteiger partial charge >= 0.3 is 5.97 Å². The van der Waals surface area contributed by atoms with Crippen molar-refractivity contribution in [3.05, 3.63) is 82.7 Å². The minimum atomic E-state index is -0.943. The maximum Gasteiger partial charge on any atom is 0.303 e. The fourth-order valence-corrected chi connectivity index (χ4v) is 3.14. The maximum atomic E-state index is 14.1. The topological polar surface area (TPSA) is 59.4 Å². The summed E-state index contributed by atoms with van der Waals surface area (Å²) in [4.78, 5) is 15.2. The van der Waals surface area contributed by atoms with E-state index in [1.807, 2.05) is 44.2 Å². The summed E-state index contributed by atoms with van der Waals surface area (Å²) in [6, 6.07) is 16.5. The summed E-state index contributed by atoms with van der Waals surface area (Å²) in [5, 5.41) is 8.72.